The van der Waals surface area contributed by atoms with Crippen LogP contribution in [-0.2, 0) is 19.6 Å². The number of halogens is 2. The molecule has 1 aromatic carbocycles. The average Bonchev–Trinajstić information content (AvgIpc) is 2.79. The van der Waals surface area contributed by atoms with Crippen LogP contribution < -0.4 is 0 Å². The van der Waals surface area contributed by atoms with Gasteiger partial charge in [0.1, 0.15) is 4.90 Å². The number of likely N-dealkylation sites (tertiary alicyclic amines) is 1. The van der Waals surface area contributed by atoms with Gasteiger partial charge in [0.15, 0.2) is 0 Å². The fourth-order valence-corrected chi connectivity index (χ4v) is 6.43. The van der Waals surface area contributed by atoms with Gasteiger partial charge in [-0.15, -0.1) is 0 Å². The largest absolute Gasteiger partial charge is 0.276 e. The summed E-state index contributed by atoms with van der Waals surface area (Å²) in [5.41, 5.74) is 0. The molecule has 2 amide bonds. The molecular formula is C17H16Cl2N2O4S. The Morgan fingerprint density at radius 3 is 1.92 bits per heavy atom. The number of sulfonamides is 1. The number of amides is 2. The van der Waals surface area contributed by atoms with Gasteiger partial charge in [0.25, 0.3) is 0 Å². The molecule has 1 aliphatic carbocycles. The van der Waals surface area contributed by atoms with Gasteiger partial charge in [-0.1, -0.05) is 41.4 Å². The molecule has 0 saturated carbocycles. The highest BCUT2D eigenvalue weighted by atomic mass is 35.5. The van der Waals surface area contributed by atoms with Crippen molar-refractivity contribution in [2.24, 2.45) is 11.8 Å². The Bertz CT molecular complexity index is 878. The lowest BCUT2D eigenvalue weighted by Gasteiger charge is -2.42. The van der Waals surface area contributed by atoms with Crippen LogP contribution in [0.1, 0.15) is 12.8 Å². The zero-order valence-corrected chi connectivity index (χ0v) is 16.0. The number of benzene rings is 1. The molecule has 0 aromatic heterocycles. The highest BCUT2D eigenvalue weighted by Crippen LogP contribution is 2.39. The molecule has 0 bridgehead atoms. The third kappa shape index (κ3) is 2.60. The number of carbonyl (C=O) groups is 2. The van der Waals surface area contributed by atoms with E-state index >= 15 is 0 Å². The first kappa shape index (κ1) is 18.0. The molecule has 0 spiro atoms. The summed E-state index contributed by atoms with van der Waals surface area (Å²) in [5.74, 6) is -1.00. The van der Waals surface area contributed by atoms with Crippen molar-refractivity contribution < 1.29 is 18.0 Å². The standard InChI is InChI=1S/C17H16Cl2N2O4S/c18-13-6-3-7-14(19)15(13)26(24,25)20-8-10(9-20)21-16(22)11-4-1-2-5-12(11)17(21)23/h1-3,6-7,10-12H,4-5,8-9H2. The molecule has 2 atom stereocenters. The maximum atomic E-state index is 12.8. The second-order valence-electron chi connectivity index (χ2n) is 6.73. The van der Waals surface area contributed by atoms with Crippen molar-refractivity contribution in [2.75, 3.05) is 13.1 Å². The molecule has 6 nitrogen and oxygen atoms in total. The molecule has 4 rings (SSSR count). The Morgan fingerprint density at radius 2 is 1.42 bits per heavy atom. The number of imide groups is 1. The maximum Gasteiger partial charge on any atom is 0.246 e. The van der Waals surface area contributed by atoms with Crippen LogP contribution >= 0.6 is 23.2 Å². The van der Waals surface area contributed by atoms with E-state index in [1.807, 2.05) is 12.2 Å². The molecule has 26 heavy (non-hydrogen) atoms. The Labute approximate surface area is 161 Å². The molecule has 2 aliphatic heterocycles. The number of hydrogen-bond donors (Lipinski definition) is 0. The lowest BCUT2D eigenvalue weighted by atomic mass is 9.85. The summed E-state index contributed by atoms with van der Waals surface area (Å²) in [7, 11) is -3.88. The van der Waals surface area contributed by atoms with Crippen molar-refractivity contribution in [1.29, 1.82) is 0 Å². The number of hydrogen-bond acceptors (Lipinski definition) is 4. The summed E-state index contributed by atoms with van der Waals surface area (Å²) in [4.78, 5) is 26.3. The average molecular weight is 415 g/mol. The quantitative estimate of drug-likeness (QED) is 0.561. The van der Waals surface area contributed by atoms with Gasteiger partial charge < -0.3 is 0 Å². The predicted molar refractivity (Wildman–Crippen MR) is 96.2 cm³/mol. The normalized spacial score (nSPS) is 26.9. The monoisotopic (exact) mass is 414 g/mol. The fourth-order valence-electron chi connectivity index (χ4n) is 3.82. The lowest BCUT2D eigenvalue weighted by molar-refractivity contribution is -0.145. The van der Waals surface area contributed by atoms with Crippen LogP contribution in [0.15, 0.2) is 35.2 Å². The molecule has 0 N–H and O–H groups in total. The molecule has 1 aromatic rings. The minimum atomic E-state index is -3.88. The van der Waals surface area contributed by atoms with E-state index in [2.05, 4.69) is 0 Å². The molecule has 2 unspecified atom stereocenters. The van der Waals surface area contributed by atoms with E-state index in [-0.39, 0.29) is 51.7 Å². The Morgan fingerprint density at radius 1 is 0.923 bits per heavy atom. The molecule has 0 radical (unpaired) electrons. The van der Waals surface area contributed by atoms with Gasteiger partial charge in [-0.3, -0.25) is 14.5 Å². The number of carbonyl (C=O) groups excluding carboxylic acids is 2. The van der Waals surface area contributed by atoms with Gasteiger partial charge in [-0.05, 0) is 25.0 Å². The lowest BCUT2D eigenvalue weighted by Crippen LogP contribution is -2.62. The molecule has 138 valence electrons. The molecule has 3 aliphatic rings. The number of fused-ring (bicyclic) bond motifs is 1. The topological polar surface area (TPSA) is 74.8 Å². The fraction of sp³-hybridized carbons (Fsp3) is 0.412. The molecule has 9 heteroatoms. The van der Waals surface area contributed by atoms with Gasteiger partial charge in [0.05, 0.1) is 27.9 Å². The Kier molecular flexibility index (Phi) is 4.38. The van der Waals surface area contributed by atoms with E-state index in [9.17, 15) is 18.0 Å². The molecular weight excluding hydrogens is 399 g/mol. The maximum absolute atomic E-state index is 12.8. The van der Waals surface area contributed by atoms with Crippen LogP contribution in [0.3, 0.4) is 0 Å². The molecule has 2 saturated heterocycles. The number of allylic oxidation sites excluding steroid dienone is 2. The van der Waals surface area contributed by atoms with Gasteiger partial charge >= 0.3 is 0 Å². The summed E-state index contributed by atoms with van der Waals surface area (Å²) in [5, 5.41) is 0.0951. The number of nitrogens with zero attached hydrogens (tertiary/aromatic N) is 2. The minimum absolute atomic E-state index is 0.0476. The first-order valence-corrected chi connectivity index (χ1v) is 10.5. The Hall–Kier alpha value is -1.41. The predicted octanol–water partition coefficient (Wildman–Crippen LogP) is 2.32. The van der Waals surface area contributed by atoms with Crippen LogP contribution in [0.25, 0.3) is 0 Å². The van der Waals surface area contributed by atoms with Gasteiger partial charge in [-0.25, -0.2) is 8.42 Å². The van der Waals surface area contributed by atoms with Gasteiger partial charge in [0.2, 0.25) is 21.8 Å². The summed E-state index contributed by atoms with van der Waals surface area (Å²) in [6.45, 7) is 0.127. The van der Waals surface area contributed by atoms with Crippen molar-refractivity contribution >= 4 is 45.0 Å². The summed E-state index contributed by atoms with van der Waals surface area (Å²) < 4.78 is 26.8. The van der Waals surface area contributed by atoms with E-state index in [4.69, 9.17) is 23.2 Å². The summed E-state index contributed by atoms with van der Waals surface area (Å²) in [6, 6.07) is 4.06. The zero-order chi connectivity index (χ0) is 18.6. The van der Waals surface area contributed by atoms with Crippen molar-refractivity contribution in [1.82, 2.24) is 9.21 Å². The first-order chi connectivity index (χ1) is 12.3. The zero-order valence-electron chi connectivity index (χ0n) is 13.6. The minimum Gasteiger partial charge on any atom is -0.276 e. The van der Waals surface area contributed by atoms with Crippen LogP contribution in [-0.4, -0.2) is 48.6 Å². The van der Waals surface area contributed by atoms with Crippen molar-refractivity contribution in [3.8, 4) is 0 Å². The van der Waals surface area contributed by atoms with E-state index in [1.54, 1.807) is 6.07 Å². The van der Waals surface area contributed by atoms with Gasteiger partial charge in [0, 0.05) is 13.1 Å². The van der Waals surface area contributed by atoms with E-state index in [1.165, 1.54) is 21.3 Å². The highest BCUT2D eigenvalue weighted by molar-refractivity contribution is 7.89. The number of rotatable bonds is 3. The highest BCUT2D eigenvalue weighted by Gasteiger charge is 2.53. The van der Waals surface area contributed by atoms with Crippen LogP contribution in [0.5, 0.6) is 0 Å². The van der Waals surface area contributed by atoms with Crippen molar-refractivity contribution in [2.45, 2.75) is 23.8 Å². The summed E-state index contributed by atoms with van der Waals surface area (Å²) >= 11 is 12.0. The first-order valence-electron chi connectivity index (χ1n) is 8.28. The Balaban J connectivity index is 1.52. The van der Waals surface area contributed by atoms with Crippen LogP contribution in [0.2, 0.25) is 10.0 Å². The molecule has 2 heterocycles. The molecule has 2 fully saturated rings. The van der Waals surface area contributed by atoms with Crippen LogP contribution in [0.4, 0.5) is 0 Å². The van der Waals surface area contributed by atoms with Crippen molar-refractivity contribution in [3.63, 3.8) is 0 Å². The third-order valence-corrected chi connectivity index (χ3v) is 8.04. The second kappa shape index (κ2) is 6.34. The van der Waals surface area contributed by atoms with E-state index in [0.29, 0.717) is 12.8 Å². The van der Waals surface area contributed by atoms with Gasteiger partial charge in [-0.2, -0.15) is 4.31 Å². The SMILES string of the molecule is O=C1C2CC=CCC2C(=O)N1C1CN(S(=O)(=O)c2c(Cl)cccc2Cl)C1. The smallest absolute Gasteiger partial charge is 0.246 e. The van der Waals surface area contributed by atoms with Crippen molar-refractivity contribution in [3.05, 3.63) is 40.4 Å². The third-order valence-electron chi connectivity index (χ3n) is 5.25. The summed E-state index contributed by atoms with van der Waals surface area (Å²) in [6.07, 6.45) is 4.98. The van der Waals surface area contributed by atoms with Crippen LogP contribution in [0, 0.1) is 11.8 Å². The van der Waals surface area contributed by atoms with E-state index in [0.717, 1.165) is 0 Å². The second-order valence-corrected chi connectivity index (χ2v) is 9.42. The van der Waals surface area contributed by atoms with E-state index < -0.39 is 16.1 Å².